The van der Waals surface area contributed by atoms with E-state index in [4.69, 9.17) is 0 Å². The van der Waals surface area contributed by atoms with Crippen LogP contribution in [0.2, 0.25) is 0 Å². The Balaban J connectivity index is 1.78. The molecule has 2 heterocycles. The van der Waals surface area contributed by atoms with Gasteiger partial charge in [-0.2, -0.15) is 5.10 Å². The number of aromatic nitrogens is 3. The lowest BCUT2D eigenvalue weighted by Gasteiger charge is -2.09. The van der Waals surface area contributed by atoms with Crippen LogP contribution in [0.25, 0.3) is 0 Å². The highest BCUT2D eigenvalue weighted by Gasteiger charge is 2.12. The Bertz CT molecular complexity index is 967. The summed E-state index contributed by atoms with van der Waals surface area (Å²) < 4.78 is 2.23. The summed E-state index contributed by atoms with van der Waals surface area (Å²) >= 11 is 3.37. The molecule has 0 fully saturated rings. The molecule has 0 amide bonds. The number of hydrogen-bond donors (Lipinski definition) is 0. The number of pyridine rings is 1. The van der Waals surface area contributed by atoms with Crippen molar-refractivity contribution in [3.05, 3.63) is 92.1 Å². The Hall–Kier alpha value is -2.60. The van der Waals surface area contributed by atoms with E-state index in [1.54, 1.807) is 18.5 Å². The largest absolute Gasteiger partial charge is 0.297 e. The van der Waals surface area contributed by atoms with Crippen LogP contribution in [0, 0.1) is 6.92 Å². The van der Waals surface area contributed by atoms with Gasteiger partial charge in [0.25, 0.3) is 5.56 Å². The first-order valence-electron chi connectivity index (χ1n) is 8.24. The second-order valence-electron chi connectivity index (χ2n) is 6.15. The summed E-state index contributed by atoms with van der Waals surface area (Å²) in [5.41, 5.74) is 2.95. The summed E-state index contributed by atoms with van der Waals surface area (Å²) in [6.07, 6.45) is 4.17. The van der Waals surface area contributed by atoms with Gasteiger partial charge in [-0.3, -0.25) is 14.6 Å². The molecule has 26 heavy (non-hydrogen) atoms. The number of rotatable bonds is 6. The number of benzene rings is 1. The molecule has 6 heteroatoms. The quantitative estimate of drug-likeness (QED) is 0.624. The van der Waals surface area contributed by atoms with Crippen molar-refractivity contribution < 1.29 is 4.79 Å². The fraction of sp³-hybridized carbons (Fsp3) is 0.200. The van der Waals surface area contributed by atoms with E-state index >= 15 is 0 Å². The van der Waals surface area contributed by atoms with Crippen LogP contribution in [0.3, 0.4) is 0 Å². The summed E-state index contributed by atoms with van der Waals surface area (Å²) in [7, 11) is 0. The molecule has 0 radical (unpaired) electrons. The van der Waals surface area contributed by atoms with Crippen molar-refractivity contribution in [1.29, 1.82) is 0 Å². The van der Waals surface area contributed by atoms with Crippen LogP contribution in [-0.4, -0.2) is 20.5 Å². The number of carbonyl (C=O) groups excluding carboxylic acids is 1. The van der Waals surface area contributed by atoms with Gasteiger partial charge < -0.3 is 0 Å². The molecule has 2 aromatic heterocycles. The van der Waals surface area contributed by atoms with Crippen LogP contribution in [0.5, 0.6) is 0 Å². The molecule has 0 aliphatic carbocycles. The maximum Gasteiger partial charge on any atom is 0.270 e. The lowest BCUT2D eigenvalue weighted by Crippen LogP contribution is -2.30. The summed E-state index contributed by atoms with van der Waals surface area (Å²) in [4.78, 5) is 29.1. The van der Waals surface area contributed by atoms with E-state index in [-0.39, 0.29) is 24.3 Å². The van der Waals surface area contributed by atoms with Gasteiger partial charge >= 0.3 is 0 Å². The SMILES string of the molecule is Cc1cc(Cc2cccnc2)c(=O)n(CC(=O)Cc2ccc(Br)cc2)n1. The second-order valence-corrected chi connectivity index (χ2v) is 7.07. The number of ketones is 1. The highest BCUT2D eigenvalue weighted by atomic mass is 79.9. The van der Waals surface area contributed by atoms with Gasteiger partial charge in [-0.15, -0.1) is 0 Å². The van der Waals surface area contributed by atoms with E-state index in [0.717, 1.165) is 15.6 Å². The van der Waals surface area contributed by atoms with Crippen molar-refractivity contribution in [3.63, 3.8) is 0 Å². The Labute approximate surface area is 159 Å². The Morgan fingerprint density at radius 2 is 1.92 bits per heavy atom. The number of nitrogens with zero attached hydrogens (tertiary/aromatic N) is 3. The van der Waals surface area contributed by atoms with Crippen LogP contribution in [0.15, 0.2) is 64.1 Å². The number of aryl methyl sites for hydroxylation is 1. The lowest BCUT2D eigenvalue weighted by atomic mass is 10.1. The number of halogens is 1. The minimum absolute atomic E-state index is 0.0311. The standard InChI is InChI=1S/C20H18BrN3O2/c1-14-9-17(10-16-3-2-8-22-12-16)20(26)24(23-14)13-19(25)11-15-4-6-18(21)7-5-15/h2-9,12H,10-11,13H2,1H3. The molecule has 0 unspecified atom stereocenters. The van der Waals surface area contributed by atoms with Crippen molar-refractivity contribution in [2.75, 3.05) is 0 Å². The van der Waals surface area contributed by atoms with Gasteiger partial charge in [0.05, 0.1) is 5.69 Å². The summed E-state index contributed by atoms with van der Waals surface area (Å²) in [6, 6.07) is 13.1. The molecule has 0 spiro atoms. The smallest absolute Gasteiger partial charge is 0.270 e. The third-order valence-electron chi connectivity index (χ3n) is 3.93. The van der Waals surface area contributed by atoms with Crippen LogP contribution in [0.4, 0.5) is 0 Å². The third-order valence-corrected chi connectivity index (χ3v) is 4.46. The molecule has 0 saturated heterocycles. The summed E-state index contributed by atoms with van der Waals surface area (Å²) in [5, 5.41) is 4.23. The maximum atomic E-state index is 12.7. The first kappa shape index (κ1) is 18.2. The fourth-order valence-corrected chi connectivity index (χ4v) is 3.02. The second kappa shape index (κ2) is 8.19. The Morgan fingerprint density at radius 3 is 2.62 bits per heavy atom. The Morgan fingerprint density at radius 1 is 1.15 bits per heavy atom. The number of Topliss-reactive ketones (excluding diaryl/α,β-unsaturated/α-hetero) is 1. The molecule has 0 atom stereocenters. The van der Waals surface area contributed by atoms with E-state index in [0.29, 0.717) is 17.7 Å². The zero-order valence-electron chi connectivity index (χ0n) is 14.4. The molecule has 0 saturated carbocycles. The van der Waals surface area contributed by atoms with Crippen molar-refractivity contribution in [2.45, 2.75) is 26.3 Å². The topological polar surface area (TPSA) is 64.8 Å². The normalized spacial score (nSPS) is 10.7. The van der Waals surface area contributed by atoms with Crippen LogP contribution >= 0.6 is 15.9 Å². The molecule has 0 bridgehead atoms. The van der Waals surface area contributed by atoms with Gasteiger partial charge in [0.15, 0.2) is 5.78 Å². The zero-order valence-corrected chi connectivity index (χ0v) is 15.9. The molecular formula is C20H18BrN3O2. The van der Waals surface area contributed by atoms with Gasteiger partial charge in [-0.05, 0) is 42.3 Å². The van der Waals surface area contributed by atoms with Gasteiger partial charge in [0.2, 0.25) is 0 Å². The van der Waals surface area contributed by atoms with Gasteiger partial charge in [-0.1, -0.05) is 34.1 Å². The van der Waals surface area contributed by atoms with Crippen molar-refractivity contribution in [1.82, 2.24) is 14.8 Å². The van der Waals surface area contributed by atoms with E-state index in [1.165, 1.54) is 4.68 Å². The van der Waals surface area contributed by atoms with Crippen LogP contribution < -0.4 is 5.56 Å². The number of carbonyl (C=O) groups is 1. The van der Waals surface area contributed by atoms with Crippen molar-refractivity contribution in [3.8, 4) is 0 Å². The summed E-state index contributed by atoms with van der Waals surface area (Å²) in [5.74, 6) is -0.0557. The van der Waals surface area contributed by atoms with Crippen LogP contribution in [-0.2, 0) is 24.2 Å². The first-order valence-corrected chi connectivity index (χ1v) is 9.03. The third kappa shape index (κ3) is 4.73. The average Bonchev–Trinajstić information content (AvgIpc) is 2.62. The summed E-state index contributed by atoms with van der Waals surface area (Å²) in [6.45, 7) is 1.79. The van der Waals surface area contributed by atoms with E-state index in [9.17, 15) is 9.59 Å². The van der Waals surface area contributed by atoms with E-state index in [2.05, 4.69) is 26.0 Å². The first-order chi connectivity index (χ1) is 12.5. The minimum Gasteiger partial charge on any atom is -0.297 e. The van der Waals surface area contributed by atoms with Crippen molar-refractivity contribution >= 4 is 21.7 Å². The maximum absolute atomic E-state index is 12.7. The highest BCUT2D eigenvalue weighted by Crippen LogP contribution is 2.11. The molecule has 5 nitrogen and oxygen atoms in total. The molecule has 0 N–H and O–H groups in total. The molecule has 3 aromatic rings. The fourth-order valence-electron chi connectivity index (χ4n) is 2.75. The molecule has 0 aliphatic rings. The van der Waals surface area contributed by atoms with E-state index < -0.39 is 0 Å². The molecule has 3 rings (SSSR count). The monoisotopic (exact) mass is 411 g/mol. The van der Waals surface area contributed by atoms with Crippen molar-refractivity contribution in [2.24, 2.45) is 0 Å². The number of hydrogen-bond acceptors (Lipinski definition) is 4. The molecule has 132 valence electrons. The zero-order chi connectivity index (χ0) is 18.5. The van der Waals surface area contributed by atoms with Gasteiger partial charge in [0, 0.05) is 35.3 Å². The molecule has 0 aliphatic heterocycles. The lowest BCUT2D eigenvalue weighted by molar-refractivity contribution is -0.119. The predicted molar refractivity (Wildman–Crippen MR) is 103 cm³/mol. The molecule has 1 aromatic carbocycles. The minimum atomic E-state index is -0.233. The highest BCUT2D eigenvalue weighted by molar-refractivity contribution is 9.10. The van der Waals surface area contributed by atoms with Crippen LogP contribution in [0.1, 0.15) is 22.4 Å². The average molecular weight is 412 g/mol. The molecular weight excluding hydrogens is 394 g/mol. The van der Waals surface area contributed by atoms with Gasteiger partial charge in [-0.25, -0.2) is 4.68 Å². The Kier molecular flexibility index (Phi) is 5.73. The van der Waals surface area contributed by atoms with Gasteiger partial charge in [0.1, 0.15) is 6.54 Å². The predicted octanol–water partition coefficient (Wildman–Crippen LogP) is 3.11. The van der Waals surface area contributed by atoms with E-state index in [1.807, 2.05) is 43.3 Å².